The number of nitrogens with zero attached hydrogens (tertiary/aromatic N) is 2. The summed E-state index contributed by atoms with van der Waals surface area (Å²) in [5.74, 6) is 0. The minimum Gasteiger partial charge on any atom is -0.309 e. The van der Waals surface area contributed by atoms with Crippen LogP contribution in [-0.2, 0) is 0 Å². The lowest BCUT2D eigenvalue weighted by Gasteiger charge is -2.11. The van der Waals surface area contributed by atoms with E-state index in [-0.39, 0.29) is 0 Å². The van der Waals surface area contributed by atoms with Crippen LogP contribution in [0.3, 0.4) is 0 Å². The number of aromatic nitrogens is 1. The molecule has 0 aliphatic rings. The number of fused-ring (bicyclic) bond motifs is 3. The monoisotopic (exact) mass is 792 g/mol. The summed E-state index contributed by atoms with van der Waals surface area (Å²) >= 11 is 0. The van der Waals surface area contributed by atoms with Gasteiger partial charge in [-0.3, -0.25) is 4.99 Å². The Morgan fingerprint density at radius 2 is 0.839 bits per heavy atom. The van der Waals surface area contributed by atoms with Crippen LogP contribution in [0.25, 0.3) is 83.3 Å². The van der Waals surface area contributed by atoms with Crippen molar-refractivity contribution >= 4 is 39.3 Å². The number of hydrogen-bond acceptors (Lipinski definition) is 1. The Bertz CT molecular complexity index is 3170. The van der Waals surface area contributed by atoms with Crippen molar-refractivity contribution in [1.29, 1.82) is 0 Å². The van der Waals surface area contributed by atoms with Crippen LogP contribution in [0.5, 0.6) is 0 Å². The molecule has 0 fully saturated rings. The van der Waals surface area contributed by atoms with Gasteiger partial charge in [0.05, 0.1) is 16.7 Å². The summed E-state index contributed by atoms with van der Waals surface area (Å²) in [4.78, 5) is 5.23. The quantitative estimate of drug-likeness (QED) is 0.0969. The van der Waals surface area contributed by atoms with Crippen LogP contribution in [-0.4, -0.2) is 10.8 Å². The number of benzene rings is 9. The van der Waals surface area contributed by atoms with Crippen LogP contribution in [0.1, 0.15) is 23.6 Å². The lowest BCUT2D eigenvalue weighted by molar-refractivity contribution is 1.18. The van der Waals surface area contributed by atoms with Crippen LogP contribution in [0.4, 0.5) is 0 Å². The number of hydrogen-bond donors (Lipinski definition) is 0. The van der Waals surface area contributed by atoms with E-state index in [4.69, 9.17) is 4.99 Å². The molecule has 0 radical (unpaired) electrons. The number of rotatable bonds is 10. The van der Waals surface area contributed by atoms with Gasteiger partial charge in [0.25, 0.3) is 0 Å². The molecule has 0 unspecified atom stereocenters. The summed E-state index contributed by atoms with van der Waals surface area (Å²) in [7, 11) is 0. The van der Waals surface area contributed by atoms with Crippen molar-refractivity contribution < 1.29 is 0 Å². The van der Waals surface area contributed by atoms with Crippen molar-refractivity contribution in [1.82, 2.24) is 4.57 Å². The smallest absolute Gasteiger partial charge is 0.0708 e. The van der Waals surface area contributed by atoms with Gasteiger partial charge < -0.3 is 4.57 Å². The molecule has 0 saturated carbocycles. The second kappa shape index (κ2) is 17.3. The highest BCUT2D eigenvalue weighted by molar-refractivity contribution is 6.11. The number of allylic oxidation sites excluding steroid dienone is 3. The molecule has 1 heterocycles. The second-order valence-electron chi connectivity index (χ2n) is 15.6. The van der Waals surface area contributed by atoms with Crippen LogP contribution in [0.2, 0.25) is 0 Å². The molecule has 294 valence electrons. The molecule has 0 bridgehead atoms. The highest BCUT2D eigenvalue weighted by Gasteiger charge is 2.15. The van der Waals surface area contributed by atoms with Crippen molar-refractivity contribution in [2.45, 2.75) is 6.92 Å². The standard InChI is InChI=1S/C60H44N2/c1-2-44(49-27-16-29-51(37-49)52-30-17-28-50(38-52)45-19-7-3-8-20-45)41-58(48-25-13-6-14-26-48)61-42-43-18-15-31-55(36-43)62-59-34-32-53(46-21-9-4-10-22-46)39-56(59)57-40-54(33-35-60(57)62)47-23-11-5-12-24-47/h2-42H,1H3/b44-2+,58-41-,61-42+. The van der Waals surface area contributed by atoms with Crippen molar-refractivity contribution in [3.05, 3.63) is 259 Å². The third-order valence-electron chi connectivity index (χ3n) is 11.6. The molecule has 2 nitrogen and oxygen atoms in total. The lowest BCUT2D eigenvalue weighted by atomic mass is 9.95. The molecule has 1 aromatic heterocycles. The van der Waals surface area contributed by atoms with Gasteiger partial charge in [0.15, 0.2) is 0 Å². The second-order valence-corrected chi connectivity index (χ2v) is 15.6. The SMILES string of the molecule is C\C=C(/C=C(\N=C\c1cccc(-n2c3ccc(-c4ccccc4)cc3c3cc(-c4ccccc4)ccc32)c1)c1ccccc1)c1cccc(-c2cccc(-c3ccccc3)c2)c1. The van der Waals surface area contributed by atoms with Gasteiger partial charge in [0, 0.05) is 28.2 Å². The fourth-order valence-corrected chi connectivity index (χ4v) is 8.48. The van der Waals surface area contributed by atoms with E-state index in [1.165, 1.54) is 55.3 Å². The topological polar surface area (TPSA) is 17.3 Å². The maximum absolute atomic E-state index is 5.23. The molecule has 0 aliphatic carbocycles. The summed E-state index contributed by atoms with van der Waals surface area (Å²) in [6.07, 6.45) is 6.38. The molecule has 10 aromatic rings. The van der Waals surface area contributed by atoms with E-state index in [0.717, 1.165) is 44.7 Å². The molecule has 0 saturated heterocycles. The van der Waals surface area contributed by atoms with Crippen molar-refractivity contribution in [2.75, 3.05) is 0 Å². The first-order chi connectivity index (χ1) is 30.7. The Hall–Kier alpha value is -8.07. The van der Waals surface area contributed by atoms with E-state index in [1.54, 1.807) is 0 Å². The minimum atomic E-state index is 0.888. The first kappa shape index (κ1) is 38.2. The summed E-state index contributed by atoms with van der Waals surface area (Å²) in [5.41, 5.74) is 18.2. The van der Waals surface area contributed by atoms with Gasteiger partial charge >= 0.3 is 0 Å². The summed E-state index contributed by atoms with van der Waals surface area (Å²) in [6.45, 7) is 2.10. The first-order valence-electron chi connectivity index (χ1n) is 21.2. The zero-order chi connectivity index (χ0) is 41.7. The van der Waals surface area contributed by atoms with E-state index in [9.17, 15) is 0 Å². The van der Waals surface area contributed by atoms with Crippen molar-refractivity contribution in [3.8, 4) is 50.2 Å². The van der Waals surface area contributed by atoms with Crippen LogP contribution in [0.15, 0.2) is 248 Å². The van der Waals surface area contributed by atoms with Gasteiger partial charge in [-0.05, 0) is 123 Å². The zero-order valence-corrected chi connectivity index (χ0v) is 34.6. The van der Waals surface area contributed by atoms with Crippen LogP contribution >= 0.6 is 0 Å². The molecule has 0 atom stereocenters. The molecule has 0 aliphatic heterocycles. The molecule has 62 heavy (non-hydrogen) atoms. The zero-order valence-electron chi connectivity index (χ0n) is 34.6. The van der Waals surface area contributed by atoms with E-state index < -0.39 is 0 Å². The highest BCUT2D eigenvalue weighted by atomic mass is 15.0. The average Bonchev–Trinajstić information content (AvgIpc) is 3.68. The molecule has 0 amide bonds. The predicted molar refractivity (Wildman–Crippen MR) is 265 cm³/mol. The van der Waals surface area contributed by atoms with Crippen LogP contribution < -0.4 is 0 Å². The minimum absolute atomic E-state index is 0.888. The van der Waals surface area contributed by atoms with Gasteiger partial charge in [0.2, 0.25) is 0 Å². The van der Waals surface area contributed by atoms with Gasteiger partial charge in [-0.25, -0.2) is 0 Å². The Kier molecular flexibility index (Phi) is 10.6. The van der Waals surface area contributed by atoms with Crippen molar-refractivity contribution in [2.24, 2.45) is 4.99 Å². The maximum atomic E-state index is 5.23. The Morgan fingerprint density at radius 3 is 1.40 bits per heavy atom. The van der Waals surface area contributed by atoms with Crippen LogP contribution in [0, 0.1) is 0 Å². The predicted octanol–water partition coefficient (Wildman–Crippen LogP) is 16.0. The summed E-state index contributed by atoms with van der Waals surface area (Å²) < 4.78 is 2.39. The molecule has 2 heteroatoms. The van der Waals surface area contributed by atoms with Gasteiger partial charge in [-0.1, -0.05) is 188 Å². The van der Waals surface area contributed by atoms with E-state index in [1.807, 2.05) is 6.21 Å². The third-order valence-corrected chi connectivity index (χ3v) is 11.6. The maximum Gasteiger partial charge on any atom is 0.0708 e. The molecule has 9 aromatic carbocycles. The fourth-order valence-electron chi connectivity index (χ4n) is 8.48. The summed E-state index contributed by atoms with van der Waals surface area (Å²) in [6, 6.07) is 82.3. The van der Waals surface area contributed by atoms with E-state index in [0.29, 0.717) is 0 Å². The highest BCUT2D eigenvalue weighted by Crippen LogP contribution is 2.38. The molecule has 10 rings (SSSR count). The van der Waals surface area contributed by atoms with Gasteiger partial charge in [-0.15, -0.1) is 0 Å². The van der Waals surface area contributed by atoms with Gasteiger partial charge in [0.1, 0.15) is 0 Å². The normalized spacial score (nSPS) is 12.1. The summed E-state index contributed by atoms with van der Waals surface area (Å²) in [5, 5.41) is 2.44. The molecule has 0 N–H and O–H groups in total. The Balaban J connectivity index is 1.02. The molecule has 0 spiro atoms. The third kappa shape index (κ3) is 7.86. The average molecular weight is 793 g/mol. The Labute approximate surface area is 363 Å². The number of aliphatic imine (C=N–C) groups is 1. The fraction of sp³-hybridized carbons (Fsp3) is 0.0167. The van der Waals surface area contributed by atoms with E-state index in [2.05, 4.69) is 254 Å². The largest absolute Gasteiger partial charge is 0.309 e. The van der Waals surface area contributed by atoms with E-state index >= 15 is 0 Å². The lowest BCUT2D eigenvalue weighted by Crippen LogP contribution is -1.95. The van der Waals surface area contributed by atoms with Crippen molar-refractivity contribution in [3.63, 3.8) is 0 Å². The molecular formula is C60H44N2. The van der Waals surface area contributed by atoms with Gasteiger partial charge in [-0.2, -0.15) is 0 Å². The molecular weight excluding hydrogens is 749 g/mol. The first-order valence-corrected chi connectivity index (χ1v) is 21.2. The Morgan fingerprint density at radius 1 is 0.387 bits per heavy atom.